The third-order valence-electron chi connectivity index (χ3n) is 5.40. The van der Waals surface area contributed by atoms with Crippen molar-refractivity contribution in [2.75, 3.05) is 31.6 Å². The van der Waals surface area contributed by atoms with Gasteiger partial charge in [-0.25, -0.2) is 4.68 Å². The Labute approximate surface area is 174 Å². The molecule has 1 saturated heterocycles. The number of hydrogen-bond donors (Lipinski definition) is 1. The second-order valence-electron chi connectivity index (χ2n) is 8.54. The summed E-state index contributed by atoms with van der Waals surface area (Å²) >= 11 is 0. The van der Waals surface area contributed by atoms with E-state index in [1.165, 1.54) is 5.56 Å². The molecule has 1 aromatic heterocycles. The minimum Gasteiger partial charge on any atom is -0.378 e. The molecule has 0 bridgehead atoms. The molecule has 0 aliphatic carbocycles. The molecule has 1 aliphatic heterocycles. The van der Waals surface area contributed by atoms with Gasteiger partial charge in [0.1, 0.15) is 0 Å². The molecule has 0 radical (unpaired) electrons. The van der Waals surface area contributed by atoms with Crippen molar-refractivity contribution < 1.29 is 9.53 Å². The molecule has 2 aromatic rings. The smallest absolute Gasteiger partial charge is 0.238 e. The average Bonchev–Trinajstić information content (AvgIpc) is 2.96. The van der Waals surface area contributed by atoms with E-state index in [2.05, 4.69) is 48.2 Å². The fourth-order valence-electron chi connectivity index (χ4n) is 3.71. The number of aryl methyl sites for hydroxylation is 2. The van der Waals surface area contributed by atoms with Crippen LogP contribution < -0.4 is 5.32 Å². The second kappa shape index (κ2) is 9.55. The van der Waals surface area contributed by atoms with E-state index in [4.69, 9.17) is 4.74 Å². The molecule has 0 unspecified atom stereocenters. The maximum atomic E-state index is 12.7. The number of hydrogen-bond acceptors (Lipinski definition) is 4. The average molecular weight is 399 g/mol. The lowest BCUT2D eigenvalue weighted by Gasteiger charge is -2.31. The zero-order valence-corrected chi connectivity index (χ0v) is 18.4. The highest BCUT2D eigenvalue weighted by Gasteiger charge is 2.22. The summed E-state index contributed by atoms with van der Waals surface area (Å²) in [5.41, 5.74) is 4.80. The van der Waals surface area contributed by atoms with Crippen LogP contribution >= 0.6 is 0 Å². The summed E-state index contributed by atoms with van der Waals surface area (Å²) in [4.78, 5) is 14.9. The Hall–Kier alpha value is -2.18. The zero-order valence-electron chi connectivity index (χ0n) is 18.4. The van der Waals surface area contributed by atoms with Gasteiger partial charge in [-0.3, -0.25) is 9.69 Å². The summed E-state index contributed by atoms with van der Waals surface area (Å²) in [6.45, 7) is 13.4. The monoisotopic (exact) mass is 398 g/mol. The molecule has 6 nitrogen and oxygen atoms in total. The fourth-order valence-corrected chi connectivity index (χ4v) is 3.71. The lowest BCUT2D eigenvalue weighted by Crippen LogP contribution is -2.41. The van der Waals surface area contributed by atoms with Crippen LogP contribution in [0.2, 0.25) is 0 Å². The molecule has 3 rings (SSSR count). The lowest BCUT2D eigenvalue weighted by molar-refractivity contribution is -0.118. The normalized spacial score (nSPS) is 15.8. The van der Waals surface area contributed by atoms with Crippen LogP contribution in [0.15, 0.2) is 24.3 Å². The summed E-state index contributed by atoms with van der Waals surface area (Å²) in [6.07, 6.45) is 2.31. The van der Waals surface area contributed by atoms with E-state index >= 15 is 0 Å². The maximum absolute atomic E-state index is 12.7. The summed E-state index contributed by atoms with van der Waals surface area (Å²) in [7, 11) is 0. The lowest BCUT2D eigenvalue weighted by atomic mass is 10.1. The summed E-state index contributed by atoms with van der Waals surface area (Å²) < 4.78 is 7.83. The van der Waals surface area contributed by atoms with Crippen LogP contribution in [0.25, 0.3) is 5.69 Å². The third-order valence-corrected chi connectivity index (χ3v) is 5.40. The van der Waals surface area contributed by atoms with E-state index in [0.29, 0.717) is 18.6 Å². The number of carbonyl (C=O) groups is 1. The Bertz CT molecular complexity index is 818. The van der Waals surface area contributed by atoms with E-state index in [0.717, 1.165) is 55.3 Å². The molecule has 2 heterocycles. The van der Waals surface area contributed by atoms with Gasteiger partial charge in [-0.2, -0.15) is 5.10 Å². The van der Waals surface area contributed by atoms with Crippen molar-refractivity contribution >= 4 is 11.6 Å². The van der Waals surface area contributed by atoms with Gasteiger partial charge in [-0.15, -0.1) is 0 Å². The van der Waals surface area contributed by atoms with E-state index in [9.17, 15) is 4.79 Å². The molecule has 0 saturated carbocycles. The third kappa shape index (κ3) is 5.67. The number of amides is 1. The molecule has 0 spiro atoms. The van der Waals surface area contributed by atoms with Crippen LogP contribution in [-0.2, 0) is 9.53 Å². The predicted molar refractivity (Wildman–Crippen MR) is 117 cm³/mol. The number of anilines is 1. The Morgan fingerprint density at radius 2 is 1.83 bits per heavy atom. The van der Waals surface area contributed by atoms with Crippen LogP contribution in [0.4, 0.5) is 5.69 Å². The number of nitrogens with one attached hydrogen (secondary N) is 1. The highest BCUT2D eigenvalue weighted by molar-refractivity contribution is 5.93. The van der Waals surface area contributed by atoms with Crippen LogP contribution in [0.5, 0.6) is 0 Å². The SMILES string of the molecule is Cc1ccc(-n2nc(C)c(NC(=O)CN3CCC(OCC(C)C)CC3)c2C)cc1. The molecule has 1 fully saturated rings. The van der Waals surface area contributed by atoms with E-state index in [1.54, 1.807) is 0 Å². The molecule has 1 aliphatic rings. The van der Waals surface area contributed by atoms with Gasteiger partial charge in [0, 0.05) is 19.7 Å². The molecule has 1 amide bonds. The number of rotatable bonds is 7. The molecule has 158 valence electrons. The number of ether oxygens (including phenoxy) is 1. The first-order valence-corrected chi connectivity index (χ1v) is 10.6. The zero-order chi connectivity index (χ0) is 21.0. The maximum Gasteiger partial charge on any atom is 0.238 e. The van der Waals surface area contributed by atoms with Gasteiger partial charge in [-0.05, 0) is 51.7 Å². The summed E-state index contributed by atoms with van der Waals surface area (Å²) in [5.74, 6) is 0.576. The van der Waals surface area contributed by atoms with E-state index in [1.807, 2.05) is 30.7 Å². The second-order valence-corrected chi connectivity index (χ2v) is 8.54. The van der Waals surface area contributed by atoms with Gasteiger partial charge < -0.3 is 10.1 Å². The molecule has 1 N–H and O–H groups in total. The highest BCUT2D eigenvalue weighted by atomic mass is 16.5. The first kappa shape index (κ1) is 21.5. The molecule has 6 heteroatoms. The molecular formula is C23H34N4O2. The van der Waals surface area contributed by atoms with Crippen molar-refractivity contribution in [3.8, 4) is 5.69 Å². The number of carbonyl (C=O) groups excluding carboxylic acids is 1. The number of likely N-dealkylation sites (tertiary alicyclic amines) is 1. The number of aromatic nitrogens is 2. The number of benzene rings is 1. The van der Waals surface area contributed by atoms with E-state index < -0.39 is 0 Å². The standard InChI is InChI=1S/C23H34N4O2/c1-16(2)15-29-21-10-12-26(13-11-21)14-22(28)24-23-18(4)25-27(19(23)5)20-8-6-17(3)7-9-20/h6-9,16,21H,10-15H2,1-5H3,(H,24,28). The number of nitrogens with zero attached hydrogens (tertiary/aromatic N) is 3. The summed E-state index contributed by atoms with van der Waals surface area (Å²) in [5, 5.41) is 7.71. The summed E-state index contributed by atoms with van der Waals surface area (Å²) in [6, 6.07) is 8.23. The Morgan fingerprint density at radius 3 is 2.45 bits per heavy atom. The fraction of sp³-hybridized carbons (Fsp3) is 0.565. The van der Waals surface area contributed by atoms with Crippen molar-refractivity contribution in [1.29, 1.82) is 0 Å². The Kier molecular flexibility index (Phi) is 7.09. The van der Waals surface area contributed by atoms with Crippen LogP contribution in [0.1, 0.15) is 43.6 Å². The van der Waals surface area contributed by atoms with Crippen molar-refractivity contribution in [1.82, 2.24) is 14.7 Å². The highest BCUT2D eigenvalue weighted by Crippen LogP contribution is 2.23. The van der Waals surface area contributed by atoms with Gasteiger partial charge in [0.05, 0.1) is 35.4 Å². The van der Waals surface area contributed by atoms with Crippen molar-refractivity contribution in [2.45, 2.75) is 53.6 Å². The number of piperidine rings is 1. The predicted octanol–water partition coefficient (Wildman–Crippen LogP) is 3.87. The van der Waals surface area contributed by atoms with Gasteiger partial charge in [0.25, 0.3) is 0 Å². The van der Waals surface area contributed by atoms with Crippen molar-refractivity contribution in [3.63, 3.8) is 0 Å². The molecule has 29 heavy (non-hydrogen) atoms. The Morgan fingerprint density at radius 1 is 1.17 bits per heavy atom. The van der Waals surface area contributed by atoms with Gasteiger partial charge >= 0.3 is 0 Å². The first-order chi connectivity index (χ1) is 13.8. The molecule has 1 aromatic carbocycles. The molecule has 0 atom stereocenters. The van der Waals surface area contributed by atoms with Crippen molar-refractivity contribution in [2.24, 2.45) is 5.92 Å². The van der Waals surface area contributed by atoms with Gasteiger partial charge in [0.2, 0.25) is 5.91 Å². The van der Waals surface area contributed by atoms with Crippen LogP contribution in [0.3, 0.4) is 0 Å². The Balaban J connectivity index is 1.55. The minimum absolute atomic E-state index is 0.0150. The van der Waals surface area contributed by atoms with Crippen LogP contribution in [0, 0.1) is 26.7 Å². The van der Waals surface area contributed by atoms with E-state index in [-0.39, 0.29) is 5.91 Å². The quantitative estimate of drug-likeness (QED) is 0.769. The largest absolute Gasteiger partial charge is 0.378 e. The van der Waals surface area contributed by atoms with Crippen LogP contribution in [-0.4, -0.2) is 52.9 Å². The molecular weight excluding hydrogens is 364 g/mol. The van der Waals surface area contributed by atoms with Crippen molar-refractivity contribution in [3.05, 3.63) is 41.2 Å². The minimum atomic E-state index is 0.0150. The van der Waals surface area contributed by atoms with Gasteiger partial charge in [0.15, 0.2) is 0 Å². The first-order valence-electron chi connectivity index (χ1n) is 10.6. The topological polar surface area (TPSA) is 59.4 Å². The van der Waals surface area contributed by atoms with Gasteiger partial charge in [-0.1, -0.05) is 31.5 Å².